The van der Waals surface area contributed by atoms with Gasteiger partial charge in [0.2, 0.25) is 0 Å². The molecule has 0 atom stereocenters. The molecule has 0 bridgehead atoms. The van der Waals surface area contributed by atoms with Crippen molar-refractivity contribution in [3.05, 3.63) is 58.5 Å². The van der Waals surface area contributed by atoms with Crippen LogP contribution in [0.1, 0.15) is 0 Å². The fourth-order valence-corrected chi connectivity index (χ4v) is 3.38. The number of benzene rings is 1. The molecule has 1 aliphatic heterocycles. The second-order valence-corrected chi connectivity index (χ2v) is 6.15. The Bertz CT molecular complexity index is 988. The third-order valence-corrected chi connectivity index (χ3v) is 4.53. The molecule has 0 amide bonds. The molecule has 2 aromatic rings. The fourth-order valence-electron chi connectivity index (χ4n) is 2.82. The molecule has 1 aliphatic rings. The molecule has 0 aliphatic carbocycles. The van der Waals surface area contributed by atoms with E-state index >= 15 is 0 Å². The summed E-state index contributed by atoms with van der Waals surface area (Å²) in [4.78, 5) is 26.4. The Hall–Kier alpha value is -2.87. The number of aromatic nitrogens is 2. The standard InChI is InChI=1S/C18H16BrN3O4/c1-21-14-11(16(19)20-21)8-6-9-13(14)22-10-5-4-7-12(17(23)25-2)15(22)18(24)26-3/h4-10H,1-3H3. The minimum absolute atomic E-state index is 0.0640. The molecule has 0 unspecified atom stereocenters. The van der Waals surface area contributed by atoms with E-state index in [1.807, 2.05) is 18.2 Å². The van der Waals surface area contributed by atoms with Crippen molar-refractivity contribution in [3.63, 3.8) is 0 Å². The van der Waals surface area contributed by atoms with Gasteiger partial charge in [-0.3, -0.25) is 4.68 Å². The van der Waals surface area contributed by atoms with Crippen molar-refractivity contribution >= 4 is 44.5 Å². The summed E-state index contributed by atoms with van der Waals surface area (Å²) in [7, 11) is 4.33. The molecule has 3 rings (SSSR count). The van der Waals surface area contributed by atoms with Gasteiger partial charge in [-0.1, -0.05) is 12.1 Å². The van der Waals surface area contributed by atoms with Crippen LogP contribution in [0, 0.1) is 0 Å². The summed E-state index contributed by atoms with van der Waals surface area (Å²) in [5, 5.41) is 5.25. The number of allylic oxidation sites excluding steroid dienone is 2. The van der Waals surface area contributed by atoms with E-state index in [1.54, 1.807) is 35.0 Å². The monoisotopic (exact) mass is 417 g/mol. The number of halogens is 1. The van der Waals surface area contributed by atoms with Gasteiger partial charge in [0.05, 0.1) is 31.0 Å². The summed E-state index contributed by atoms with van der Waals surface area (Å²) in [5.74, 6) is -1.28. The maximum Gasteiger partial charge on any atom is 0.355 e. The van der Waals surface area contributed by atoms with Gasteiger partial charge in [0.1, 0.15) is 10.3 Å². The highest BCUT2D eigenvalue weighted by Gasteiger charge is 2.29. The van der Waals surface area contributed by atoms with E-state index in [0.29, 0.717) is 10.3 Å². The Morgan fingerprint density at radius 3 is 2.54 bits per heavy atom. The second-order valence-electron chi connectivity index (χ2n) is 5.40. The molecule has 0 saturated heterocycles. The molecule has 0 spiro atoms. The van der Waals surface area contributed by atoms with E-state index < -0.39 is 11.9 Å². The molecule has 0 fully saturated rings. The van der Waals surface area contributed by atoms with Crippen LogP contribution in [0.4, 0.5) is 5.69 Å². The minimum Gasteiger partial charge on any atom is -0.465 e. The molecule has 1 aromatic carbocycles. The van der Waals surface area contributed by atoms with Crippen LogP contribution in [-0.2, 0) is 26.1 Å². The van der Waals surface area contributed by atoms with Crippen LogP contribution in [0.25, 0.3) is 10.9 Å². The lowest BCUT2D eigenvalue weighted by Gasteiger charge is -2.24. The quantitative estimate of drug-likeness (QED) is 0.714. The first kappa shape index (κ1) is 17.9. The van der Waals surface area contributed by atoms with E-state index in [4.69, 9.17) is 9.47 Å². The van der Waals surface area contributed by atoms with Gasteiger partial charge in [0.15, 0.2) is 0 Å². The van der Waals surface area contributed by atoms with Gasteiger partial charge in [-0.2, -0.15) is 5.10 Å². The lowest BCUT2D eigenvalue weighted by atomic mass is 10.1. The number of rotatable bonds is 3. The number of aryl methyl sites for hydroxylation is 1. The molecule has 2 heterocycles. The molecule has 1 aromatic heterocycles. The summed E-state index contributed by atoms with van der Waals surface area (Å²) in [6.45, 7) is 0. The molecular weight excluding hydrogens is 402 g/mol. The number of para-hydroxylation sites is 1. The Morgan fingerprint density at radius 2 is 1.85 bits per heavy atom. The lowest BCUT2D eigenvalue weighted by Crippen LogP contribution is -2.27. The molecule has 26 heavy (non-hydrogen) atoms. The maximum absolute atomic E-state index is 12.5. The van der Waals surface area contributed by atoms with Crippen LogP contribution in [0.3, 0.4) is 0 Å². The van der Waals surface area contributed by atoms with E-state index in [0.717, 1.165) is 10.9 Å². The van der Waals surface area contributed by atoms with Crippen molar-refractivity contribution < 1.29 is 19.1 Å². The van der Waals surface area contributed by atoms with Crippen LogP contribution in [0.2, 0.25) is 0 Å². The third-order valence-electron chi connectivity index (χ3n) is 3.95. The highest BCUT2D eigenvalue weighted by atomic mass is 79.9. The molecule has 0 saturated carbocycles. The molecule has 0 radical (unpaired) electrons. The highest BCUT2D eigenvalue weighted by Crippen LogP contribution is 2.34. The van der Waals surface area contributed by atoms with Gasteiger partial charge in [0, 0.05) is 18.6 Å². The normalized spacial score (nSPS) is 13.9. The van der Waals surface area contributed by atoms with Gasteiger partial charge in [0.25, 0.3) is 0 Å². The number of anilines is 1. The fraction of sp³-hybridized carbons (Fsp3) is 0.167. The van der Waals surface area contributed by atoms with Crippen molar-refractivity contribution in [2.45, 2.75) is 0 Å². The first-order valence-electron chi connectivity index (χ1n) is 7.65. The maximum atomic E-state index is 12.5. The number of carbonyl (C=O) groups is 2. The van der Waals surface area contributed by atoms with E-state index in [1.165, 1.54) is 20.3 Å². The molecule has 134 valence electrons. The van der Waals surface area contributed by atoms with Crippen LogP contribution in [0.15, 0.2) is 58.5 Å². The molecule has 7 nitrogen and oxygen atoms in total. The number of esters is 2. The Kier molecular flexibility index (Phi) is 4.94. The lowest BCUT2D eigenvalue weighted by molar-refractivity contribution is -0.139. The van der Waals surface area contributed by atoms with Crippen LogP contribution < -0.4 is 4.90 Å². The van der Waals surface area contributed by atoms with Gasteiger partial charge < -0.3 is 14.4 Å². The smallest absolute Gasteiger partial charge is 0.355 e. The first-order chi connectivity index (χ1) is 12.5. The largest absolute Gasteiger partial charge is 0.465 e. The summed E-state index contributed by atoms with van der Waals surface area (Å²) in [6, 6.07) is 5.60. The molecule has 0 N–H and O–H groups in total. The van der Waals surface area contributed by atoms with Crippen LogP contribution in [0.5, 0.6) is 0 Å². The van der Waals surface area contributed by atoms with Crippen molar-refractivity contribution in [1.82, 2.24) is 9.78 Å². The number of nitrogens with zero attached hydrogens (tertiary/aromatic N) is 3. The minimum atomic E-state index is -0.653. The second kappa shape index (κ2) is 7.17. The first-order valence-corrected chi connectivity index (χ1v) is 8.45. The average Bonchev–Trinajstić information content (AvgIpc) is 2.83. The summed E-state index contributed by atoms with van der Waals surface area (Å²) >= 11 is 3.44. The SMILES string of the molecule is COC(=O)C1=C(C(=O)OC)N(c2cccc3c(Br)nn(C)c23)C=CC=C1. The average molecular weight is 418 g/mol. The molecule has 8 heteroatoms. The zero-order valence-corrected chi connectivity index (χ0v) is 16.0. The number of hydrogen-bond donors (Lipinski definition) is 0. The Balaban J connectivity index is 2.32. The number of fused-ring (bicyclic) bond motifs is 1. The number of ether oxygens (including phenoxy) is 2. The van der Waals surface area contributed by atoms with Gasteiger partial charge >= 0.3 is 11.9 Å². The predicted octanol–water partition coefficient (Wildman–Crippen LogP) is 2.83. The zero-order valence-electron chi connectivity index (χ0n) is 14.4. The summed E-state index contributed by atoms with van der Waals surface area (Å²) in [5.41, 5.74) is 1.62. The van der Waals surface area contributed by atoms with Gasteiger partial charge in [-0.05, 0) is 40.2 Å². The summed E-state index contributed by atoms with van der Waals surface area (Å²) in [6.07, 6.45) is 6.60. The van der Waals surface area contributed by atoms with Crippen LogP contribution >= 0.6 is 15.9 Å². The van der Waals surface area contributed by atoms with Crippen molar-refractivity contribution in [1.29, 1.82) is 0 Å². The Morgan fingerprint density at radius 1 is 1.12 bits per heavy atom. The van der Waals surface area contributed by atoms with Crippen molar-refractivity contribution in [3.8, 4) is 0 Å². The molecular formula is C18H16BrN3O4. The van der Waals surface area contributed by atoms with Crippen molar-refractivity contribution in [2.24, 2.45) is 7.05 Å². The number of hydrogen-bond acceptors (Lipinski definition) is 6. The van der Waals surface area contributed by atoms with Crippen LogP contribution in [-0.4, -0.2) is 35.9 Å². The van der Waals surface area contributed by atoms with Crippen molar-refractivity contribution in [2.75, 3.05) is 19.1 Å². The van der Waals surface area contributed by atoms with Gasteiger partial charge in [-0.15, -0.1) is 0 Å². The van der Waals surface area contributed by atoms with E-state index in [-0.39, 0.29) is 11.3 Å². The topological polar surface area (TPSA) is 73.7 Å². The predicted molar refractivity (Wildman–Crippen MR) is 100 cm³/mol. The Labute approximate surface area is 158 Å². The zero-order chi connectivity index (χ0) is 18.8. The highest BCUT2D eigenvalue weighted by molar-refractivity contribution is 9.10. The van der Waals surface area contributed by atoms with E-state index in [9.17, 15) is 9.59 Å². The van der Waals surface area contributed by atoms with E-state index in [2.05, 4.69) is 21.0 Å². The third kappa shape index (κ3) is 2.92. The van der Waals surface area contributed by atoms with Gasteiger partial charge in [-0.25, -0.2) is 9.59 Å². The number of carbonyl (C=O) groups excluding carboxylic acids is 2. The summed E-state index contributed by atoms with van der Waals surface area (Å²) < 4.78 is 12.1. The number of methoxy groups -OCH3 is 2.